The number of rotatable bonds is 6. The quantitative estimate of drug-likeness (QED) is 0.785. The van der Waals surface area contributed by atoms with Gasteiger partial charge in [-0.3, -0.25) is 4.79 Å². The van der Waals surface area contributed by atoms with Gasteiger partial charge in [0.05, 0.1) is 13.2 Å². The second-order valence-electron chi connectivity index (χ2n) is 4.94. The van der Waals surface area contributed by atoms with Crippen molar-refractivity contribution in [2.75, 3.05) is 13.2 Å². The van der Waals surface area contributed by atoms with Gasteiger partial charge in [0.1, 0.15) is 5.75 Å². The van der Waals surface area contributed by atoms with E-state index in [4.69, 9.17) is 4.74 Å². The Bertz CT molecular complexity index is 450. The number of hydrogen-bond acceptors (Lipinski definition) is 3. The molecule has 1 aromatic carbocycles. The molecule has 0 aromatic heterocycles. The molecule has 1 aliphatic carbocycles. The summed E-state index contributed by atoms with van der Waals surface area (Å²) in [6, 6.07) is 4.47. The molecule has 18 heavy (non-hydrogen) atoms. The van der Waals surface area contributed by atoms with Gasteiger partial charge >= 0.3 is 0 Å². The van der Waals surface area contributed by atoms with E-state index in [1.807, 2.05) is 32.9 Å². The first-order valence-electron chi connectivity index (χ1n) is 6.62. The molecule has 1 aliphatic rings. The molecule has 0 saturated heterocycles. The van der Waals surface area contributed by atoms with Gasteiger partial charge in [-0.2, -0.15) is 0 Å². The number of nitrogens with one attached hydrogen (secondary N) is 1. The molecular formula is C15H21NO2. The number of hydrogen-bond donors (Lipinski definition) is 1. The lowest BCUT2D eigenvalue weighted by Crippen LogP contribution is -2.25. The van der Waals surface area contributed by atoms with E-state index in [9.17, 15) is 4.79 Å². The van der Waals surface area contributed by atoms with Crippen molar-refractivity contribution in [1.29, 1.82) is 0 Å². The molecule has 0 unspecified atom stereocenters. The maximum atomic E-state index is 12.1. The van der Waals surface area contributed by atoms with Crippen LogP contribution >= 0.6 is 0 Å². The van der Waals surface area contributed by atoms with Gasteiger partial charge in [0.25, 0.3) is 0 Å². The number of ketones is 1. The molecule has 3 nitrogen and oxygen atoms in total. The van der Waals surface area contributed by atoms with Gasteiger partial charge in [0.2, 0.25) is 0 Å². The van der Waals surface area contributed by atoms with Crippen LogP contribution in [0.3, 0.4) is 0 Å². The van der Waals surface area contributed by atoms with Gasteiger partial charge in [-0.05, 0) is 56.9 Å². The minimum atomic E-state index is 0.172. The van der Waals surface area contributed by atoms with Crippen LogP contribution in [0, 0.1) is 13.8 Å². The molecular weight excluding hydrogens is 226 g/mol. The lowest BCUT2D eigenvalue weighted by molar-refractivity contribution is 0.0990. The highest BCUT2D eigenvalue weighted by molar-refractivity contribution is 5.99. The molecule has 1 saturated carbocycles. The Balaban J connectivity index is 2.11. The van der Waals surface area contributed by atoms with E-state index in [1.165, 1.54) is 12.8 Å². The van der Waals surface area contributed by atoms with Crippen molar-refractivity contribution in [2.24, 2.45) is 0 Å². The normalized spacial score (nSPS) is 14.6. The smallest absolute Gasteiger partial charge is 0.176 e. The van der Waals surface area contributed by atoms with Crippen LogP contribution in [-0.2, 0) is 0 Å². The molecule has 0 heterocycles. The average molecular weight is 247 g/mol. The van der Waals surface area contributed by atoms with Crippen LogP contribution < -0.4 is 10.1 Å². The third-order valence-corrected chi connectivity index (χ3v) is 3.25. The number of benzene rings is 1. The van der Waals surface area contributed by atoms with Gasteiger partial charge < -0.3 is 10.1 Å². The highest BCUT2D eigenvalue weighted by Gasteiger charge is 2.22. The van der Waals surface area contributed by atoms with E-state index in [0.29, 0.717) is 19.2 Å². The van der Waals surface area contributed by atoms with Crippen LogP contribution in [0.1, 0.15) is 41.3 Å². The fraction of sp³-hybridized carbons (Fsp3) is 0.533. The predicted octanol–water partition coefficient (Wildman–Crippen LogP) is 2.64. The zero-order valence-electron chi connectivity index (χ0n) is 11.4. The van der Waals surface area contributed by atoms with E-state index in [1.54, 1.807) is 0 Å². The summed E-state index contributed by atoms with van der Waals surface area (Å²) in [7, 11) is 0. The molecule has 1 N–H and O–H groups in total. The van der Waals surface area contributed by atoms with E-state index in [-0.39, 0.29) is 5.78 Å². The van der Waals surface area contributed by atoms with Gasteiger partial charge in [-0.15, -0.1) is 0 Å². The molecule has 0 aliphatic heterocycles. The first-order valence-corrected chi connectivity index (χ1v) is 6.62. The number of ether oxygens (including phenoxy) is 1. The monoisotopic (exact) mass is 247 g/mol. The maximum absolute atomic E-state index is 12.1. The van der Waals surface area contributed by atoms with Crippen molar-refractivity contribution in [3.05, 3.63) is 28.8 Å². The van der Waals surface area contributed by atoms with Crippen LogP contribution in [0.2, 0.25) is 0 Å². The number of carbonyl (C=O) groups excluding carboxylic acids is 1. The van der Waals surface area contributed by atoms with Crippen molar-refractivity contribution in [2.45, 2.75) is 39.7 Å². The molecule has 0 radical (unpaired) electrons. The Labute approximate surface area is 109 Å². The lowest BCUT2D eigenvalue weighted by Gasteiger charge is -2.12. The van der Waals surface area contributed by atoms with Crippen LogP contribution in [0.5, 0.6) is 5.75 Å². The molecule has 98 valence electrons. The fourth-order valence-electron chi connectivity index (χ4n) is 2.02. The highest BCUT2D eigenvalue weighted by atomic mass is 16.5. The summed E-state index contributed by atoms with van der Waals surface area (Å²) in [6.45, 7) is 7.00. The van der Waals surface area contributed by atoms with Gasteiger partial charge in [-0.25, -0.2) is 0 Å². The Morgan fingerprint density at radius 3 is 2.67 bits per heavy atom. The summed E-state index contributed by atoms with van der Waals surface area (Å²) in [5.74, 6) is 1.05. The van der Waals surface area contributed by atoms with Crippen molar-refractivity contribution in [3.63, 3.8) is 0 Å². The molecule has 1 fully saturated rings. The molecule has 2 rings (SSSR count). The third kappa shape index (κ3) is 3.10. The van der Waals surface area contributed by atoms with Crippen LogP contribution in [0.25, 0.3) is 0 Å². The van der Waals surface area contributed by atoms with Crippen molar-refractivity contribution in [1.82, 2.24) is 5.32 Å². The minimum absolute atomic E-state index is 0.172. The second-order valence-corrected chi connectivity index (χ2v) is 4.94. The topological polar surface area (TPSA) is 38.3 Å². The van der Waals surface area contributed by atoms with Crippen LogP contribution in [-0.4, -0.2) is 25.0 Å². The number of aryl methyl sites for hydroxylation is 2. The van der Waals surface area contributed by atoms with Gasteiger partial charge in [0.15, 0.2) is 5.78 Å². The predicted molar refractivity (Wildman–Crippen MR) is 72.4 cm³/mol. The number of carbonyl (C=O) groups is 1. The zero-order valence-corrected chi connectivity index (χ0v) is 11.4. The van der Waals surface area contributed by atoms with Crippen molar-refractivity contribution in [3.8, 4) is 5.75 Å². The third-order valence-electron chi connectivity index (χ3n) is 3.25. The standard InChI is InChI=1S/C15H21NO2/c1-4-18-15-8-10(2)13(7-11(15)3)14(17)9-16-12-5-6-12/h7-8,12,16H,4-6,9H2,1-3H3. The zero-order chi connectivity index (χ0) is 13.1. The lowest BCUT2D eigenvalue weighted by atomic mass is 10.0. The second kappa shape index (κ2) is 5.53. The Kier molecular flexibility index (Phi) is 4.02. The Morgan fingerprint density at radius 2 is 2.06 bits per heavy atom. The highest BCUT2D eigenvalue weighted by Crippen LogP contribution is 2.24. The average Bonchev–Trinajstić information content (AvgIpc) is 3.14. The van der Waals surface area contributed by atoms with Gasteiger partial charge in [-0.1, -0.05) is 0 Å². The SMILES string of the molecule is CCOc1cc(C)c(C(=O)CNC2CC2)cc1C. The maximum Gasteiger partial charge on any atom is 0.176 e. The summed E-state index contributed by atoms with van der Waals surface area (Å²) in [6.07, 6.45) is 2.41. The van der Waals surface area contributed by atoms with Gasteiger partial charge in [0, 0.05) is 11.6 Å². The fourth-order valence-corrected chi connectivity index (χ4v) is 2.02. The van der Waals surface area contributed by atoms with Crippen molar-refractivity contribution < 1.29 is 9.53 Å². The largest absolute Gasteiger partial charge is 0.494 e. The first kappa shape index (κ1) is 13.1. The van der Waals surface area contributed by atoms with Crippen LogP contribution in [0.4, 0.5) is 0 Å². The summed E-state index contributed by atoms with van der Waals surface area (Å²) >= 11 is 0. The van der Waals surface area contributed by atoms with E-state index < -0.39 is 0 Å². The summed E-state index contributed by atoms with van der Waals surface area (Å²) in [4.78, 5) is 12.1. The Morgan fingerprint density at radius 1 is 1.33 bits per heavy atom. The molecule has 0 spiro atoms. The number of Topliss-reactive ketones (excluding diaryl/α,β-unsaturated/α-hetero) is 1. The summed E-state index contributed by atoms with van der Waals surface area (Å²) in [5, 5.41) is 3.26. The van der Waals surface area contributed by atoms with Crippen LogP contribution in [0.15, 0.2) is 12.1 Å². The van der Waals surface area contributed by atoms with E-state index >= 15 is 0 Å². The Hall–Kier alpha value is -1.35. The van der Waals surface area contributed by atoms with Crippen molar-refractivity contribution >= 4 is 5.78 Å². The van der Waals surface area contributed by atoms with E-state index in [2.05, 4.69) is 5.32 Å². The summed E-state index contributed by atoms with van der Waals surface area (Å²) < 4.78 is 5.53. The first-order chi connectivity index (χ1) is 8.61. The van der Waals surface area contributed by atoms with E-state index in [0.717, 1.165) is 22.4 Å². The molecule has 0 atom stereocenters. The molecule has 1 aromatic rings. The molecule has 0 bridgehead atoms. The summed E-state index contributed by atoms with van der Waals surface area (Å²) in [5.41, 5.74) is 2.83. The molecule has 0 amide bonds. The minimum Gasteiger partial charge on any atom is -0.494 e. The molecule has 3 heteroatoms.